The molecule has 0 saturated carbocycles. The molecule has 1 N–H and O–H groups in total. The maximum atomic E-state index is 12.2. The fourth-order valence-corrected chi connectivity index (χ4v) is 2.28. The first-order valence-corrected chi connectivity index (χ1v) is 7.32. The van der Waals surface area contributed by atoms with Gasteiger partial charge in [-0.2, -0.15) is 0 Å². The summed E-state index contributed by atoms with van der Waals surface area (Å²) in [5, 5.41) is 13.9. The van der Waals surface area contributed by atoms with E-state index in [1.54, 1.807) is 44.4 Å². The number of hydrogen-bond donors (Lipinski definition) is 1. The number of aryl methyl sites for hydroxylation is 1. The second kappa shape index (κ2) is 6.49. The number of nitrogens with one attached hydrogen (secondary N) is 1. The van der Waals surface area contributed by atoms with Gasteiger partial charge in [0, 0.05) is 19.3 Å². The topological polar surface area (TPSA) is 108 Å². The van der Waals surface area contributed by atoms with Crippen LogP contribution in [0.5, 0.6) is 0 Å². The Hall–Kier alpha value is -3.23. The minimum atomic E-state index is -0.378. The zero-order valence-corrected chi connectivity index (χ0v) is 13.2. The molecule has 1 atom stereocenters. The van der Waals surface area contributed by atoms with Crippen LogP contribution in [0.15, 0.2) is 45.7 Å². The lowest BCUT2D eigenvalue weighted by molar-refractivity contribution is 0.0907. The monoisotopic (exact) mass is 328 g/mol. The van der Waals surface area contributed by atoms with Gasteiger partial charge in [-0.05, 0) is 35.5 Å². The van der Waals surface area contributed by atoms with Crippen molar-refractivity contribution in [3.05, 3.63) is 64.2 Å². The van der Waals surface area contributed by atoms with Gasteiger partial charge in [0.25, 0.3) is 11.5 Å². The minimum absolute atomic E-state index is 0.136. The van der Waals surface area contributed by atoms with Gasteiger partial charge in [0.1, 0.15) is 5.76 Å². The van der Waals surface area contributed by atoms with Gasteiger partial charge in [-0.3, -0.25) is 9.59 Å². The van der Waals surface area contributed by atoms with Crippen LogP contribution in [0.4, 0.5) is 0 Å². The molecule has 1 unspecified atom stereocenters. The van der Waals surface area contributed by atoms with Gasteiger partial charge in [0.2, 0.25) is 0 Å². The lowest BCUT2D eigenvalue weighted by Gasteiger charge is -2.10. The summed E-state index contributed by atoms with van der Waals surface area (Å²) in [4.78, 5) is 23.9. The van der Waals surface area contributed by atoms with Crippen LogP contribution >= 0.6 is 0 Å². The average molecular weight is 328 g/mol. The number of amides is 1. The Morgan fingerprint density at radius 2 is 2.17 bits per heavy atom. The second-order valence-electron chi connectivity index (χ2n) is 5.29. The Bertz CT molecular complexity index is 910. The second-order valence-corrected chi connectivity index (χ2v) is 5.29. The first kappa shape index (κ1) is 15.7. The van der Waals surface area contributed by atoms with Gasteiger partial charge in [-0.1, -0.05) is 6.07 Å². The Labute approximate surface area is 136 Å². The molecule has 3 aromatic heterocycles. The summed E-state index contributed by atoms with van der Waals surface area (Å²) >= 11 is 0. The van der Waals surface area contributed by atoms with Gasteiger partial charge in [0.05, 0.1) is 12.6 Å². The Kier molecular flexibility index (Phi) is 4.23. The number of carbonyl (C=O) groups is 1. The van der Waals surface area contributed by atoms with Crippen molar-refractivity contribution >= 4 is 5.91 Å². The highest BCUT2D eigenvalue weighted by Crippen LogP contribution is 2.12. The van der Waals surface area contributed by atoms with Crippen LogP contribution in [0, 0.1) is 0 Å². The molecule has 0 radical (unpaired) electrons. The Morgan fingerprint density at radius 3 is 2.88 bits per heavy atom. The SMILES string of the molecule is CC(NC(=O)c1ccc(Cn2ccccc2=O)o1)c1nnnn1C. The van der Waals surface area contributed by atoms with E-state index in [9.17, 15) is 9.59 Å². The molecule has 124 valence electrons. The number of rotatable bonds is 5. The highest BCUT2D eigenvalue weighted by atomic mass is 16.4. The molecule has 0 aliphatic rings. The fraction of sp³-hybridized carbons (Fsp3) is 0.267. The summed E-state index contributed by atoms with van der Waals surface area (Å²) in [6.45, 7) is 2.03. The van der Waals surface area contributed by atoms with Crippen LogP contribution in [0.1, 0.15) is 35.1 Å². The fourth-order valence-electron chi connectivity index (χ4n) is 2.28. The van der Waals surface area contributed by atoms with Gasteiger partial charge in [0.15, 0.2) is 11.6 Å². The molecule has 9 nitrogen and oxygen atoms in total. The molecule has 0 fully saturated rings. The van der Waals surface area contributed by atoms with Crippen molar-refractivity contribution in [2.75, 3.05) is 0 Å². The number of furan rings is 1. The lowest BCUT2D eigenvalue weighted by atomic mass is 10.3. The highest BCUT2D eigenvalue weighted by molar-refractivity contribution is 5.91. The molecule has 0 bridgehead atoms. The summed E-state index contributed by atoms with van der Waals surface area (Å²) in [6.07, 6.45) is 1.66. The summed E-state index contributed by atoms with van der Waals surface area (Å²) < 4.78 is 8.50. The van der Waals surface area contributed by atoms with E-state index < -0.39 is 0 Å². The summed E-state index contributed by atoms with van der Waals surface area (Å²) in [7, 11) is 1.70. The highest BCUT2D eigenvalue weighted by Gasteiger charge is 2.18. The minimum Gasteiger partial charge on any atom is -0.454 e. The van der Waals surface area contributed by atoms with E-state index in [0.717, 1.165) is 0 Å². The molecule has 3 aromatic rings. The van der Waals surface area contributed by atoms with E-state index in [1.807, 2.05) is 0 Å². The van der Waals surface area contributed by atoms with Gasteiger partial charge < -0.3 is 14.3 Å². The standard InChI is InChI=1S/C15H16N6O3/c1-10(14-17-18-19-20(14)2)16-15(23)12-7-6-11(24-12)9-21-8-4-3-5-13(21)22/h3-8,10H,9H2,1-2H3,(H,16,23). The maximum Gasteiger partial charge on any atom is 0.287 e. The van der Waals surface area contributed by atoms with Gasteiger partial charge >= 0.3 is 0 Å². The first-order chi connectivity index (χ1) is 11.5. The third-order valence-corrected chi connectivity index (χ3v) is 3.50. The molecule has 3 heterocycles. The molecule has 0 spiro atoms. The average Bonchev–Trinajstić information content (AvgIpc) is 3.18. The third kappa shape index (κ3) is 3.24. The molecular weight excluding hydrogens is 312 g/mol. The van der Waals surface area contributed by atoms with Crippen LogP contribution in [-0.2, 0) is 13.6 Å². The molecule has 3 rings (SSSR count). The maximum absolute atomic E-state index is 12.2. The van der Waals surface area contributed by atoms with Crippen molar-refractivity contribution in [1.29, 1.82) is 0 Å². The van der Waals surface area contributed by atoms with Crippen LogP contribution in [0.25, 0.3) is 0 Å². The third-order valence-electron chi connectivity index (χ3n) is 3.50. The molecule has 9 heteroatoms. The molecule has 1 amide bonds. The zero-order valence-electron chi connectivity index (χ0n) is 13.2. The van der Waals surface area contributed by atoms with E-state index in [-0.39, 0.29) is 29.8 Å². The van der Waals surface area contributed by atoms with Crippen molar-refractivity contribution in [2.24, 2.45) is 7.05 Å². The lowest BCUT2D eigenvalue weighted by Crippen LogP contribution is -2.28. The largest absolute Gasteiger partial charge is 0.454 e. The molecule has 0 aliphatic heterocycles. The van der Waals surface area contributed by atoms with E-state index in [2.05, 4.69) is 20.8 Å². The molecule has 0 aliphatic carbocycles. The number of nitrogens with zero attached hydrogens (tertiary/aromatic N) is 5. The van der Waals surface area contributed by atoms with Crippen molar-refractivity contribution in [3.63, 3.8) is 0 Å². The van der Waals surface area contributed by atoms with Crippen molar-refractivity contribution in [2.45, 2.75) is 19.5 Å². The molecule has 0 saturated heterocycles. The van der Waals surface area contributed by atoms with E-state index in [0.29, 0.717) is 11.6 Å². The van der Waals surface area contributed by atoms with E-state index in [1.165, 1.54) is 15.3 Å². The van der Waals surface area contributed by atoms with Crippen LogP contribution in [0.2, 0.25) is 0 Å². The molecule has 24 heavy (non-hydrogen) atoms. The Morgan fingerprint density at radius 1 is 1.33 bits per heavy atom. The Balaban J connectivity index is 1.69. The van der Waals surface area contributed by atoms with E-state index in [4.69, 9.17) is 4.42 Å². The zero-order chi connectivity index (χ0) is 17.1. The summed E-state index contributed by atoms with van der Waals surface area (Å²) in [6, 6.07) is 7.76. The van der Waals surface area contributed by atoms with Gasteiger partial charge in [-0.15, -0.1) is 5.10 Å². The smallest absolute Gasteiger partial charge is 0.287 e. The number of pyridine rings is 1. The van der Waals surface area contributed by atoms with Crippen molar-refractivity contribution in [1.82, 2.24) is 30.1 Å². The number of hydrogen-bond acceptors (Lipinski definition) is 6. The predicted octanol–water partition coefficient (Wildman–Crippen LogP) is 0.504. The molecular formula is C15H16N6O3. The quantitative estimate of drug-likeness (QED) is 0.731. The number of aromatic nitrogens is 5. The summed E-state index contributed by atoms with van der Waals surface area (Å²) in [5.41, 5.74) is -0.136. The molecule has 0 aromatic carbocycles. The van der Waals surface area contributed by atoms with Gasteiger partial charge in [-0.25, -0.2) is 4.68 Å². The number of carbonyl (C=O) groups excluding carboxylic acids is 1. The van der Waals surface area contributed by atoms with Crippen molar-refractivity contribution < 1.29 is 9.21 Å². The van der Waals surface area contributed by atoms with Crippen molar-refractivity contribution in [3.8, 4) is 0 Å². The number of tetrazole rings is 1. The first-order valence-electron chi connectivity index (χ1n) is 7.32. The van der Waals surface area contributed by atoms with Crippen LogP contribution < -0.4 is 10.9 Å². The normalized spacial score (nSPS) is 12.1. The van der Waals surface area contributed by atoms with E-state index >= 15 is 0 Å². The summed E-state index contributed by atoms with van der Waals surface area (Å²) in [5.74, 6) is 0.834. The van der Waals surface area contributed by atoms with Crippen LogP contribution in [-0.4, -0.2) is 30.7 Å². The predicted molar refractivity (Wildman–Crippen MR) is 83.2 cm³/mol. The van der Waals surface area contributed by atoms with Crippen LogP contribution in [0.3, 0.4) is 0 Å².